The van der Waals surface area contributed by atoms with E-state index in [4.69, 9.17) is 4.74 Å². The lowest BCUT2D eigenvalue weighted by atomic mass is 10.1. The molecule has 0 bridgehead atoms. The van der Waals surface area contributed by atoms with Gasteiger partial charge in [0.15, 0.2) is 0 Å². The average Bonchev–Trinajstić information content (AvgIpc) is 3.14. The van der Waals surface area contributed by atoms with Gasteiger partial charge in [0, 0.05) is 18.0 Å². The van der Waals surface area contributed by atoms with Crippen LogP contribution >= 0.6 is 15.9 Å². The van der Waals surface area contributed by atoms with Crippen molar-refractivity contribution in [2.45, 2.75) is 23.8 Å². The molecule has 1 aromatic carbocycles. The number of nitrogens with zero attached hydrogens (tertiary/aromatic N) is 3. The summed E-state index contributed by atoms with van der Waals surface area (Å²) in [6.45, 7) is -0.324. The number of benzene rings is 1. The molecular formula is C21H14BrF5N4O. The number of halogens is 6. The first-order valence-electron chi connectivity index (χ1n) is 9.25. The highest BCUT2D eigenvalue weighted by molar-refractivity contribution is 9.09. The smallest absolute Gasteiger partial charge is 0.417 e. The summed E-state index contributed by atoms with van der Waals surface area (Å²) in [5.74, 6) is -0.721. The van der Waals surface area contributed by atoms with Crippen molar-refractivity contribution >= 4 is 21.8 Å². The summed E-state index contributed by atoms with van der Waals surface area (Å²) in [4.78, 5) is 11.5. The zero-order chi connectivity index (χ0) is 22.9. The molecule has 32 heavy (non-hydrogen) atoms. The van der Waals surface area contributed by atoms with Gasteiger partial charge in [0.05, 0.1) is 5.56 Å². The highest BCUT2D eigenvalue weighted by atomic mass is 79.9. The van der Waals surface area contributed by atoms with E-state index in [1.807, 2.05) is 0 Å². The van der Waals surface area contributed by atoms with Gasteiger partial charge in [0.1, 0.15) is 40.7 Å². The molecule has 0 spiro atoms. The monoisotopic (exact) mass is 512 g/mol. The highest BCUT2D eigenvalue weighted by Crippen LogP contribution is 2.32. The fourth-order valence-corrected chi connectivity index (χ4v) is 3.65. The molecule has 1 aliphatic heterocycles. The van der Waals surface area contributed by atoms with Crippen LogP contribution in [-0.2, 0) is 12.8 Å². The Labute approximate surface area is 187 Å². The van der Waals surface area contributed by atoms with E-state index >= 15 is 0 Å². The minimum Gasteiger partial charge on any atom is -0.487 e. The minimum absolute atomic E-state index is 0.209. The number of hydrogen-bond donors (Lipinski definition) is 1. The van der Waals surface area contributed by atoms with Crippen LogP contribution in [0.3, 0.4) is 0 Å². The van der Waals surface area contributed by atoms with Crippen molar-refractivity contribution in [2.75, 3.05) is 0 Å². The second-order valence-corrected chi connectivity index (χ2v) is 7.83. The molecule has 1 N–H and O–H groups in total. The second kappa shape index (κ2) is 8.81. The zero-order valence-electron chi connectivity index (χ0n) is 16.1. The highest BCUT2D eigenvalue weighted by Gasteiger charge is 2.32. The Morgan fingerprint density at radius 3 is 2.38 bits per heavy atom. The summed E-state index contributed by atoms with van der Waals surface area (Å²) >= 11 is 3.52. The number of aliphatic imine (C=N–C) groups is 1. The van der Waals surface area contributed by atoms with Crippen molar-refractivity contribution in [2.24, 2.45) is 4.99 Å². The Bertz CT molecular complexity index is 1140. The third kappa shape index (κ3) is 4.87. The third-order valence-electron chi connectivity index (χ3n) is 4.66. The molecule has 1 aliphatic rings. The summed E-state index contributed by atoms with van der Waals surface area (Å²) in [6, 6.07) is 9.75. The number of aromatic nitrogens is 2. The molecule has 2 aromatic heterocycles. The van der Waals surface area contributed by atoms with E-state index in [1.54, 1.807) is 30.3 Å². The Kier molecular flexibility index (Phi) is 6.09. The van der Waals surface area contributed by atoms with Crippen molar-refractivity contribution in [3.05, 3.63) is 89.0 Å². The van der Waals surface area contributed by atoms with E-state index in [-0.39, 0.29) is 23.3 Å². The Morgan fingerprint density at radius 1 is 1.00 bits per heavy atom. The maximum absolute atomic E-state index is 13.9. The van der Waals surface area contributed by atoms with E-state index in [0.29, 0.717) is 29.4 Å². The van der Waals surface area contributed by atoms with Gasteiger partial charge in [-0.15, -0.1) is 0 Å². The molecule has 3 aromatic rings. The van der Waals surface area contributed by atoms with Gasteiger partial charge in [-0.05, 0) is 35.9 Å². The van der Waals surface area contributed by atoms with Gasteiger partial charge >= 0.3 is 6.18 Å². The Hall–Kier alpha value is -3.08. The summed E-state index contributed by atoms with van der Waals surface area (Å²) < 4.78 is 70.2. The minimum atomic E-state index is -4.67. The van der Waals surface area contributed by atoms with Crippen LogP contribution in [0.5, 0.6) is 5.75 Å². The zero-order valence-corrected chi connectivity index (χ0v) is 17.7. The van der Waals surface area contributed by atoms with Gasteiger partial charge in [-0.3, -0.25) is 9.98 Å². The number of alkyl halides is 4. The summed E-state index contributed by atoms with van der Waals surface area (Å²) in [5.41, 5.74) is 0.0960. The standard InChI is InChI=1S/C21H14BrF5N4O/c22-19-18(30-20(31-19)12-3-6-17(24)29-8-12)11-1-4-14(5-2-11)32-10-16-15(23)7-13(9-28-16)21(25,26)27/h1-9,18-19H,10H2,(H,30,31). The summed E-state index contributed by atoms with van der Waals surface area (Å²) in [7, 11) is 0. The molecule has 11 heteroatoms. The average molecular weight is 513 g/mol. The number of ether oxygens (including phenoxy) is 1. The first-order chi connectivity index (χ1) is 15.2. The van der Waals surface area contributed by atoms with Gasteiger partial charge < -0.3 is 10.1 Å². The largest absolute Gasteiger partial charge is 0.487 e. The lowest BCUT2D eigenvalue weighted by molar-refractivity contribution is -0.138. The summed E-state index contributed by atoms with van der Waals surface area (Å²) in [6.07, 6.45) is -2.71. The molecule has 0 radical (unpaired) electrons. The fourth-order valence-electron chi connectivity index (χ4n) is 3.01. The predicted molar refractivity (Wildman–Crippen MR) is 109 cm³/mol. The quantitative estimate of drug-likeness (QED) is 0.222. The Morgan fingerprint density at radius 2 is 1.75 bits per heavy atom. The van der Waals surface area contributed by atoms with Gasteiger partial charge in [0.2, 0.25) is 5.95 Å². The predicted octanol–water partition coefficient (Wildman–Crippen LogP) is 5.16. The van der Waals surface area contributed by atoms with Crippen LogP contribution in [0.15, 0.2) is 59.9 Å². The molecule has 0 saturated carbocycles. The van der Waals surface area contributed by atoms with Gasteiger partial charge in [0.25, 0.3) is 0 Å². The first-order valence-corrected chi connectivity index (χ1v) is 10.2. The van der Waals surface area contributed by atoms with Crippen molar-refractivity contribution in [3.8, 4) is 5.75 Å². The van der Waals surface area contributed by atoms with Crippen LogP contribution in [0.25, 0.3) is 0 Å². The van der Waals surface area contributed by atoms with Crippen LogP contribution in [0.1, 0.15) is 28.4 Å². The first kappa shape index (κ1) is 22.1. The fraction of sp³-hybridized carbons (Fsp3) is 0.190. The molecular weight excluding hydrogens is 499 g/mol. The lowest BCUT2D eigenvalue weighted by Gasteiger charge is -2.13. The molecule has 0 aliphatic carbocycles. The topological polar surface area (TPSA) is 59.4 Å². The maximum atomic E-state index is 13.9. The van der Waals surface area contributed by atoms with Crippen LogP contribution < -0.4 is 10.1 Å². The maximum Gasteiger partial charge on any atom is 0.417 e. The Balaban J connectivity index is 1.43. The van der Waals surface area contributed by atoms with E-state index in [1.165, 1.54) is 12.3 Å². The van der Waals surface area contributed by atoms with Crippen molar-refractivity contribution < 1.29 is 26.7 Å². The number of nitrogens with one attached hydrogen (secondary N) is 1. The molecule has 0 saturated heterocycles. The van der Waals surface area contributed by atoms with Crippen molar-refractivity contribution in [1.82, 2.24) is 15.3 Å². The number of pyridine rings is 2. The molecule has 166 valence electrons. The van der Waals surface area contributed by atoms with E-state index in [2.05, 4.69) is 36.2 Å². The molecule has 2 unspecified atom stereocenters. The third-order valence-corrected chi connectivity index (χ3v) is 5.39. The van der Waals surface area contributed by atoms with Crippen molar-refractivity contribution in [1.29, 1.82) is 0 Å². The lowest BCUT2D eigenvalue weighted by Crippen LogP contribution is -2.26. The number of amidine groups is 1. The van der Waals surface area contributed by atoms with Crippen molar-refractivity contribution in [3.63, 3.8) is 0 Å². The van der Waals surface area contributed by atoms with Crippen LogP contribution in [0.2, 0.25) is 0 Å². The number of hydrogen-bond acceptors (Lipinski definition) is 5. The van der Waals surface area contributed by atoms with Crippen LogP contribution in [-0.4, -0.2) is 20.8 Å². The van der Waals surface area contributed by atoms with E-state index in [0.717, 1.165) is 5.56 Å². The van der Waals surface area contributed by atoms with Crippen LogP contribution in [0, 0.1) is 11.8 Å². The van der Waals surface area contributed by atoms with Gasteiger partial charge in [-0.1, -0.05) is 28.1 Å². The van der Waals surface area contributed by atoms with Gasteiger partial charge in [-0.2, -0.15) is 17.6 Å². The molecule has 0 fully saturated rings. The molecule has 4 rings (SSSR count). The SMILES string of the molecule is Fc1ccc(C2=NC(c3ccc(OCc4ncc(C(F)(F)F)cc4F)cc3)C(Br)N2)cn1. The van der Waals surface area contributed by atoms with Crippen LogP contribution in [0.4, 0.5) is 22.0 Å². The van der Waals surface area contributed by atoms with E-state index in [9.17, 15) is 22.0 Å². The second-order valence-electron chi connectivity index (χ2n) is 6.85. The molecule has 0 amide bonds. The molecule has 3 heterocycles. The normalized spacial score (nSPS) is 18.2. The summed E-state index contributed by atoms with van der Waals surface area (Å²) in [5, 5.41) is 3.16. The number of rotatable bonds is 5. The van der Waals surface area contributed by atoms with E-state index < -0.39 is 23.5 Å². The molecule has 2 atom stereocenters. The molecule has 5 nitrogen and oxygen atoms in total. The van der Waals surface area contributed by atoms with Gasteiger partial charge in [-0.25, -0.2) is 9.37 Å².